The molecule has 0 saturated heterocycles. The molecular weight excluding hydrogens is 308 g/mol. The lowest BCUT2D eigenvalue weighted by Crippen LogP contribution is -2.09. The van der Waals surface area contributed by atoms with Crippen LogP contribution in [0.4, 0.5) is 5.82 Å². The highest BCUT2D eigenvalue weighted by Gasteiger charge is 2.22. The van der Waals surface area contributed by atoms with E-state index in [2.05, 4.69) is 22.2 Å². The molecule has 23 heavy (non-hydrogen) atoms. The summed E-state index contributed by atoms with van der Waals surface area (Å²) in [7, 11) is 0. The molecule has 0 fully saturated rings. The summed E-state index contributed by atoms with van der Waals surface area (Å²) in [6, 6.07) is 0. The van der Waals surface area contributed by atoms with Gasteiger partial charge in [-0.1, -0.05) is 6.92 Å². The first kappa shape index (κ1) is 14.8. The lowest BCUT2D eigenvalue weighted by Gasteiger charge is -2.19. The molecule has 0 saturated carbocycles. The number of pyridine rings is 1. The third-order valence-electron chi connectivity index (χ3n) is 4.55. The van der Waals surface area contributed by atoms with Crippen molar-refractivity contribution in [2.24, 2.45) is 0 Å². The largest absolute Gasteiger partial charge is 0.395 e. The fourth-order valence-corrected chi connectivity index (χ4v) is 4.67. The van der Waals surface area contributed by atoms with Crippen LogP contribution in [0.1, 0.15) is 36.6 Å². The van der Waals surface area contributed by atoms with Crippen LogP contribution in [-0.2, 0) is 19.3 Å². The summed E-state index contributed by atoms with van der Waals surface area (Å²) in [6.45, 7) is 2.76. The summed E-state index contributed by atoms with van der Waals surface area (Å²) in [4.78, 5) is 14.9. The SMILES string of the molecule is CCc1nc2sc3c(NCCO)ncnc3c2c2c1CCCC2. The monoisotopic (exact) mass is 328 g/mol. The average molecular weight is 328 g/mol. The van der Waals surface area contributed by atoms with Gasteiger partial charge in [0.15, 0.2) is 0 Å². The number of aliphatic hydroxyl groups excluding tert-OH is 1. The van der Waals surface area contributed by atoms with Crippen molar-refractivity contribution in [2.75, 3.05) is 18.5 Å². The van der Waals surface area contributed by atoms with Gasteiger partial charge >= 0.3 is 0 Å². The molecule has 5 nitrogen and oxygen atoms in total. The van der Waals surface area contributed by atoms with E-state index < -0.39 is 0 Å². The van der Waals surface area contributed by atoms with Gasteiger partial charge in [0.05, 0.1) is 16.8 Å². The quantitative estimate of drug-likeness (QED) is 0.770. The molecule has 6 heteroatoms. The van der Waals surface area contributed by atoms with Crippen molar-refractivity contribution in [2.45, 2.75) is 39.0 Å². The maximum absolute atomic E-state index is 9.05. The first-order chi connectivity index (χ1) is 11.3. The molecule has 0 spiro atoms. The molecule has 1 aliphatic carbocycles. The summed E-state index contributed by atoms with van der Waals surface area (Å²) >= 11 is 1.66. The fourth-order valence-electron chi connectivity index (χ4n) is 3.53. The van der Waals surface area contributed by atoms with Crippen molar-refractivity contribution < 1.29 is 5.11 Å². The molecule has 0 unspecified atom stereocenters. The van der Waals surface area contributed by atoms with Gasteiger partial charge in [-0.05, 0) is 43.2 Å². The van der Waals surface area contributed by atoms with E-state index in [4.69, 9.17) is 10.1 Å². The molecule has 120 valence electrons. The van der Waals surface area contributed by atoms with Gasteiger partial charge in [0.25, 0.3) is 0 Å². The number of rotatable bonds is 4. The average Bonchev–Trinajstić information content (AvgIpc) is 2.98. The molecule has 0 aromatic carbocycles. The van der Waals surface area contributed by atoms with E-state index in [0.717, 1.165) is 40.1 Å². The van der Waals surface area contributed by atoms with Gasteiger partial charge < -0.3 is 10.4 Å². The molecule has 0 bridgehead atoms. The van der Waals surface area contributed by atoms with Crippen molar-refractivity contribution in [3.8, 4) is 0 Å². The normalized spacial score (nSPS) is 14.3. The predicted octanol–water partition coefficient (Wildman–Crippen LogP) is 3.08. The van der Waals surface area contributed by atoms with Gasteiger partial charge in [-0.2, -0.15) is 0 Å². The van der Waals surface area contributed by atoms with E-state index in [1.54, 1.807) is 17.7 Å². The van der Waals surface area contributed by atoms with E-state index in [1.165, 1.54) is 35.0 Å². The van der Waals surface area contributed by atoms with Gasteiger partial charge in [0, 0.05) is 17.6 Å². The standard InChI is InChI=1S/C17H20N4OS/c1-2-12-10-5-3-4-6-11(10)13-14-15(23-17(13)21-12)16(18-7-8-22)20-9-19-14/h9,22H,2-8H2,1H3,(H,18,19,20). The Bertz CT molecular complexity index is 874. The van der Waals surface area contributed by atoms with Crippen molar-refractivity contribution in [1.82, 2.24) is 15.0 Å². The molecule has 3 heterocycles. The number of nitrogens with one attached hydrogen (secondary N) is 1. The second kappa shape index (κ2) is 6.02. The van der Waals surface area contributed by atoms with Crippen LogP contribution in [0.15, 0.2) is 6.33 Å². The van der Waals surface area contributed by atoms with Gasteiger partial charge in [-0.15, -0.1) is 11.3 Å². The molecule has 0 atom stereocenters. The molecule has 0 radical (unpaired) electrons. The molecular formula is C17H20N4OS. The Labute approximate surface area is 138 Å². The summed E-state index contributed by atoms with van der Waals surface area (Å²) < 4.78 is 1.05. The van der Waals surface area contributed by atoms with Crippen LogP contribution < -0.4 is 5.32 Å². The van der Waals surface area contributed by atoms with Crippen molar-refractivity contribution in [1.29, 1.82) is 0 Å². The Hall–Kier alpha value is -1.79. The Morgan fingerprint density at radius 1 is 1.22 bits per heavy atom. The highest BCUT2D eigenvalue weighted by atomic mass is 32.1. The second-order valence-corrected chi connectivity index (χ2v) is 6.91. The number of fused-ring (bicyclic) bond motifs is 5. The lowest BCUT2D eigenvalue weighted by atomic mass is 9.88. The minimum atomic E-state index is 0.0873. The zero-order valence-electron chi connectivity index (χ0n) is 13.2. The number of aryl methyl sites for hydroxylation is 2. The smallest absolute Gasteiger partial charge is 0.147 e. The molecule has 1 aliphatic rings. The summed E-state index contributed by atoms with van der Waals surface area (Å²) in [5, 5.41) is 13.5. The lowest BCUT2D eigenvalue weighted by molar-refractivity contribution is 0.311. The summed E-state index contributed by atoms with van der Waals surface area (Å²) in [6.07, 6.45) is 7.35. The van der Waals surface area contributed by atoms with Crippen LogP contribution in [0.3, 0.4) is 0 Å². The summed E-state index contributed by atoms with van der Waals surface area (Å²) in [5.74, 6) is 0.801. The topological polar surface area (TPSA) is 70.9 Å². The molecule has 0 aliphatic heterocycles. The Kier molecular flexibility index (Phi) is 3.87. The van der Waals surface area contributed by atoms with E-state index in [0.29, 0.717) is 6.54 Å². The number of aromatic nitrogens is 3. The molecule has 2 N–H and O–H groups in total. The maximum Gasteiger partial charge on any atom is 0.147 e. The third kappa shape index (κ3) is 2.37. The van der Waals surface area contributed by atoms with Crippen LogP contribution in [-0.4, -0.2) is 33.2 Å². The van der Waals surface area contributed by atoms with Crippen LogP contribution in [0.2, 0.25) is 0 Å². The van der Waals surface area contributed by atoms with E-state index >= 15 is 0 Å². The van der Waals surface area contributed by atoms with Crippen LogP contribution in [0.5, 0.6) is 0 Å². The Balaban J connectivity index is 2.02. The highest BCUT2D eigenvalue weighted by molar-refractivity contribution is 7.26. The molecule has 3 aromatic heterocycles. The van der Waals surface area contributed by atoms with Gasteiger partial charge in [-0.3, -0.25) is 0 Å². The first-order valence-electron chi connectivity index (χ1n) is 8.26. The molecule has 3 aromatic rings. The zero-order chi connectivity index (χ0) is 15.8. The van der Waals surface area contributed by atoms with Crippen molar-refractivity contribution in [3.05, 3.63) is 23.1 Å². The Morgan fingerprint density at radius 2 is 2.04 bits per heavy atom. The Morgan fingerprint density at radius 3 is 2.83 bits per heavy atom. The van der Waals surface area contributed by atoms with Gasteiger partial charge in [0.1, 0.15) is 17.0 Å². The van der Waals surface area contributed by atoms with Gasteiger partial charge in [-0.25, -0.2) is 15.0 Å². The number of hydrogen-bond donors (Lipinski definition) is 2. The predicted molar refractivity (Wildman–Crippen MR) is 94.3 cm³/mol. The fraction of sp³-hybridized carbons (Fsp3) is 0.471. The van der Waals surface area contributed by atoms with Crippen LogP contribution in [0.25, 0.3) is 20.4 Å². The van der Waals surface area contributed by atoms with E-state index in [-0.39, 0.29) is 6.61 Å². The maximum atomic E-state index is 9.05. The zero-order valence-corrected chi connectivity index (χ0v) is 14.0. The summed E-state index contributed by atoms with van der Waals surface area (Å²) in [5.41, 5.74) is 5.16. The number of nitrogens with zero attached hydrogens (tertiary/aromatic N) is 3. The first-order valence-corrected chi connectivity index (χ1v) is 9.07. The van der Waals surface area contributed by atoms with Gasteiger partial charge in [0.2, 0.25) is 0 Å². The number of aliphatic hydroxyl groups is 1. The van der Waals surface area contributed by atoms with Crippen LogP contribution >= 0.6 is 11.3 Å². The van der Waals surface area contributed by atoms with Crippen LogP contribution in [0, 0.1) is 0 Å². The van der Waals surface area contributed by atoms with Crippen molar-refractivity contribution >= 4 is 37.6 Å². The number of thiophene rings is 1. The number of anilines is 1. The third-order valence-corrected chi connectivity index (χ3v) is 5.63. The molecule has 4 rings (SSSR count). The van der Waals surface area contributed by atoms with E-state index in [9.17, 15) is 0 Å². The minimum Gasteiger partial charge on any atom is -0.395 e. The van der Waals surface area contributed by atoms with E-state index in [1.807, 2.05) is 0 Å². The number of hydrogen-bond acceptors (Lipinski definition) is 6. The van der Waals surface area contributed by atoms with Crippen molar-refractivity contribution in [3.63, 3.8) is 0 Å². The second-order valence-electron chi connectivity index (χ2n) is 5.91. The molecule has 0 amide bonds. The minimum absolute atomic E-state index is 0.0873. The highest BCUT2D eigenvalue weighted by Crippen LogP contribution is 2.40.